The minimum atomic E-state index is -4.35. The van der Waals surface area contributed by atoms with Crippen LogP contribution in [0, 0.1) is 0 Å². The van der Waals surface area contributed by atoms with Gasteiger partial charge in [0.15, 0.2) is 0 Å². The van der Waals surface area contributed by atoms with Crippen LogP contribution in [0.25, 0.3) is 0 Å². The maximum Gasteiger partial charge on any atom is 1.00 e. The van der Waals surface area contributed by atoms with Gasteiger partial charge in [-0.05, 0) is 48.9 Å². The minimum absolute atomic E-state index is 0. The Morgan fingerprint density at radius 2 is 0.696 bits per heavy atom. The molecule has 314 valence electrons. The van der Waals surface area contributed by atoms with E-state index in [1.165, 1.54) is 115 Å². The standard InChI is InChI=1S/2C18H30O3S.C6H15NO3.2Na/c2*1-2-3-4-5-6-7-8-9-10-11-14-17-15-12-13-16-18(17)22(19,20)21;8-4-1-7(2-5-9)3-6-10;;/h2*12-13,15-16H,2-11,14H2,1H3,(H,19,20,21);8-10H,1-6H2;;/q;;;2*+1/p-2. The van der Waals surface area contributed by atoms with Gasteiger partial charge in [-0.25, -0.2) is 16.8 Å². The van der Waals surface area contributed by atoms with Gasteiger partial charge in [0.05, 0.1) is 29.6 Å². The van der Waals surface area contributed by atoms with Crippen molar-refractivity contribution in [3.8, 4) is 0 Å². The number of hydrogen-bond acceptors (Lipinski definition) is 10. The first kappa shape index (κ1) is 60.4. The summed E-state index contributed by atoms with van der Waals surface area (Å²) in [5, 5.41) is 25.5. The van der Waals surface area contributed by atoms with Crippen molar-refractivity contribution in [3.05, 3.63) is 59.7 Å². The number of nitrogens with zero attached hydrogens (tertiary/aromatic N) is 1. The van der Waals surface area contributed by atoms with Crippen LogP contribution < -0.4 is 59.1 Å². The van der Waals surface area contributed by atoms with Crippen LogP contribution >= 0.6 is 0 Å². The van der Waals surface area contributed by atoms with Gasteiger partial charge in [-0.2, -0.15) is 0 Å². The van der Waals surface area contributed by atoms with Gasteiger partial charge in [0, 0.05) is 19.6 Å². The summed E-state index contributed by atoms with van der Waals surface area (Å²) >= 11 is 0. The first-order valence-electron chi connectivity index (χ1n) is 20.6. The Balaban J connectivity index is -0.000000790. The Labute approximate surface area is 386 Å². The molecule has 0 atom stereocenters. The molecule has 2 aromatic carbocycles. The summed E-state index contributed by atoms with van der Waals surface area (Å²) < 4.78 is 67.1. The van der Waals surface area contributed by atoms with Crippen LogP contribution in [0.3, 0.4) is 0 Å². The average Bonchev–Trinajstić information content (AvgIpc) is 3.13. The third-order valence-corrected chi connectivity index (χ3v) is 11.2. The summed E-state index contributed by atoms with van der Waals surface area (Å²) in [7, 11) is -8.69. The zero-order chi connectivity index (χ0) is 40.3. The smallest absolute Gasteiger partial charge is 0.744 e. The molecule has 10 nitrogen and oxygen atoms in total. The molecular weight excluding hydrogens is 773 g/mol. The third kappa shape index (κ3) is 33.9. The summed E-state index contributed by atoms with van der Waals surface area (Å²) in [6, 6.07) is 13.1. The minimum Gasteiger partial charge on any atom is -0.744 e. The van der Waals surface area contributed by atoms with Crippen molar-refractivity contribution in [2.24, 2.45) is 0 Å². The van der Waals surface area contributed by atoms with Crippen molar-refractivity contribution in [1.29, 1.82) is 0 Å². The number of unbranched alkanes of at least 4 members (excludes halogenated alkanes) is 18. The number of aliphatic hydroxyl groups excluding tert-OH is 3. The van der Waals surface area contributed by atoms with Gasteiger partial charge in [0.1, 0.15) is 20.2 Å². The van der Waals surface area contributed by atoms with E-state index in [1.807, 2.05) is 0 Å². The zero-order valence-electron chi connectivity index (χ0n) is 35.5. The first-order chi connectivity index (χ1) is 26.0. The maximum atomic E-state index is 11.2. The van der Waals surface area contributed by atoms with Crippen LogP contribution in [-0.4, -0.2) is 85.6 Å². The molecule has 3 N–H and O–H groups in total. The molecule has 0 saturated heterocycles. The largest absolute Gasteiger partial charge is 1.00 e. The molecule has 2 rings (SSSR count). The molecule has 0 saturated carbocycles. The van der Waals surface area contributed by atoms with E-state index < -0.39 is 20.2 Å². The molecular formula is C42H73NNa2O9S2. The maximum absolute atomic E-state index is 11.2. The van der Waals surface area contributed by atoms with Crippen molar-refractivity contribution in [2.75, 3.05) is 39.5 Å². The second kappa shape index (κ2) is 40.5. The van der Waals surface area contributed by atoms with Crippen molar-refractivity contribution in [1.82, 2.24) is 4.90 Å². The fraction of sp³-hybridized carbons (Fsp3) is 0.714. The number of rotatable bonds is 30. The van der Waals surface area contributed by atoms with E-state index in [0.29, 0.717) is 43.6 Å². The molecule has 0 unspecified atom stereocenters. The Morgan fingerprint density at radius 1 is 0.446 bits per heavy atom. The predicted octanol–water partition coefficient (Wildman–Crippen LogP) is 2.38. The molecule has 14 heteroatoms. The molecule has 0 aliphatic heterocycles. The summed E-state index contributed by atoms with van der Waals surface area (Å²) in [5.41, 5.74) is 1.33. The Hall–Kier alpha value is 0.100. The molecule has 56 heavy (non-hydrogen) atoms. The SMILES string of the molecule is CCCCCCCCCCCCc1ccccc1S(=O)(=O)[O-].CCCCCCCCCCCCc1ccccc1S(=O)(=O)[O-].OCCN(CCO)CCO.[Na+].[Na+]. The second-order valence-corrected chi connectivity index (χ2v) is 16.7. The molecule has 0 heterocycles. The van der Waals surface area contributed by atoms with Crippen LogP contribution in [0.2, 0.25) is 0 Å². The normalized spacial score (nSPS) is 11.1. The summed E-state index contributed by atoms with van der Waals surface area (Å²) in [6.07, 6.45) is 26.3. The van der Waals surface area contributed by atoms with Crippen LogP contribution in [-0.2, 0) is 33.1 Å². The molecule has 0 spiro atoms. The third-order valence-electron chi connectivity index (χ3n) is 9.33. The van der Waals surface area contributed by atoms with Crippen LogP contribution in [0.5, 0.6) is 0 Å². The Kier molecular flexibility index (Phi) is 43.7. The van der Waals surface area contributed by atoms with Crippen molar-refractivity contribution < 1.29 is 100 Å². The van der Waals surface area contributed by atoms with E-state index >= 15 is 0 Å². The van der Waals surface area contributed by atoms with Gasteiger partial charge < -0.3 is 24.4 Å². The van der Waals surface area contributed by atoms with Crippen molar-refractivity contribution in [3.63, 3.8) is 0 Å². The fourth-order valence-corrected chi connectivity index (χ4v) is 7.75. The van der Waals surface area contributed by atoms with Crippen LogP contribution in [0.1, 0.15) is 153 Å². The Bertz CT molecular complexity index is 1270. The first-order valence-corrected chi connectivity index (χ1v) is 23.4. The number of benzene rings is 2. The second-order valence-electron chi connectivity index (χ2n) is 14.0. The predicted molar refractivity (Wildman–Crippen MR) is 218 cm³/mol. The molecule has 0 aliphatic rings. The van der Waals surface area contributed by atoms with Gasteiger partial charge in [-0.3, -0.25) is 4.90 Å². The van der Waals surface area contributed by atoms with Crippen molar-refractivity contribution >= 4 is 20.2 Å². The van der Waals surface area contributed by atoms with Gasteiger partial charge in [-0.1, -0.05) is 166 Å². The van der Waals surface area contributed by atoms with E-state index in [4.69, 9.17) is 15.3 Å². The summed E-state index contributed by atoms with van der Waals surface area (Å²) in [4.78, 5) is 1.69. The summed E-state index contributed by atoms with van der Waals surface area (Å²) in [5.74, 6) is 0. The van der Waals surface area contributed by atoms with Crippen LogP contribution in [0.4, 0.5) is 0 Å². The molecule has 0 fully saturated rings. The van der Waals surface area contributed by atoms with Gasteiger partial charge in [0.25, 0.3) is 0 Å². The van der Waals surface area contributed by atoms with Gasteiger partial charge in [-0.15, -0.1) is 0 Å². The topological polar surface area (TPSA) is 178 Å². The molecule has 0 aliphatic carbocycles. The number of hydrogen-bond donors (Lipinski definition) is 3. The van der Waals surface area contributed by atoms with E-state index in [2.05, 4.69) is 13.8 Å². The van der Waals surface area contributed by atoms with Crippen molar-refractivity contribution in [2.45, 2.75) is 165 Å². The average molecular weight is 846 g/mol. The number of aliphatic hydroxyl groups is 3. The zero-order valence-corrected chi connectivity index (χ0v) is 41.1. The monoisotopic (exact) mass is 845 g/mol. The van der Waals surface area contributed by atoms with E-state index in [0.717, 1.165) is 25.7 Å². The molecule has 0 aromatic heterocycles. The molecule has 2 aromatic rings. The quantitative estimate of drug-likeness (QED) is 0.0601. The van der Waals surface area contributed by atoms with Gasteiger partial charge >= 0.3 is 59.1 Å². The fourth-order valence-electron chi connectivity index (χ4n) is 6.27. The summed E-state index contributed by atoms with van der Waals surface area (Å²) in [6.45, 7) is 6.22. The van der Waals surface area contributed by atoms with Crippen LogP contribution in [0.15, 0.2) is 58.3 Å². The van der Waals surface area contributed by atoms with E-state index in [-0.39, 0.29) is 88.7 Å². The molecule has 0 amide bonds. The van der Waals surface area contributed by atoms with Gasteiger partial charge in [0.2, 0.25) is 0 Å². The number of aryl methyl sites for hydroxylation is 2. The molecule has 0 radical (unpaired) electrons. The van der Waals surface area contributed by atoms with E-state index in [1.54, 1.807) is 41.3 Å². The Morgan fingerprint density at radius 3 is 0.946 bits per heavy atom. The van der Waals surface area contributed by atoms with E-state index in [9.17, 15) is 25.9 Å². The molecule has 0 bridgehead atoms.